The monoisotopic (exact) mass is 424 g/mol. The Balaban J connectivity index is 1.64. The van der Waals surface area contributed by atoms with Gasteiger partial charge in [0.15, 0.2) is 16.7 Å². The summed E-state index contributed by atoms with van der Waals surface area (Å²) in [4.78, 5) is 25.8. The highest BCUT2D eigenvalue weighted by atomic mass is 32.2. The van der Waals surface area contributed by atoms with Gasteiger partial charge in [0.05, 0.1) is 6.20 Å². The van der Waals surface area contributed by atoms with Crippen molar-refractivity contribution < 1.29 is 4.79 Å². The number of H-pyrrole nitrogens is 1. The van der Waals surface area contributed by atoms with Crippen LogP contribution in [0.2, 0.25) is 0 Å². The molecule has 4 rings (SSSR count). The van der Waals surface area contributed by atoms with Gasteiger partial charge in [0.2, 0.25) is 0 Å². The van der Waals surface area contributed by atoms with E-state index in [1.165, 1.54) is 29.9 Å². The number of aromatic amines is 1. The first-order valence-electron chi connectivity index (χ1n) is 8.53. The number of hydrogen-bond donors (Lipinski definition) is 2. The Bertz CT molecular complexity index is 1130. The lowest BCUT2D eigenvalue weighted by molar-refractivity contribution is 0.101. The van der Waals surface area contributed by atoms with E-state index in [1.54, 1.807) is 30.2 Å². The molecule has 0 aliphatic heterocycles. The van der Waals surface area contributed by atoms with Crippen LogP contribution in [0.5, 0.6) is 0 Å². The molecule has 146 valence electrons. The Morgan fingerprint density at radius 3 is 2.69 bits per heavy atom. The quantitative estimate of drug-likeness (QED) is 0.485. The maximum absolute atomic E-state index is 12.9. The molecule has 0 fully saturated rings. The first-order chi connectivity index (χ1) is 14.1. The third-order valence-corrected chi connectivity index (χ3v) is 5.52. The number of hydrogen-bond acceptors (Lipinski definition) is 8. The van der Waals surface area contributed by atoms with Gasteiger partial charge < -0.3 is 10.3 Å². The van der Waals surface area contributed by atoms with Crippen molar-refractivity contribution in [3.8, 4) is 0 Å². The molecule has 29 heavy (non-hydrogen) atoms. The molecular weight excluding hydrogens is 408 g/mol. The van der Waals surface area contributed by atoms with Crippen LogP contribution in [-0.4, -0.2) is 40.8 Å². The van der Waals surface area contributed by atoms with Crippen molar-refractivity contribution in [1.82, 2.24) is 34.9 Å². The summed E-state index contributed by atoms with van der Waals surface area (Å²) in [5.74, 6) is 0.0599. The fraction of sp³-hybridized carbons (Fsp3) is 0.111. The second-order valence-electron chi connectivity index (χ2n) is 6.00. The molecule has 0 unspecified atom stereocenters. The highest BCUT2D eigenvalue weighted by Gasteiger charge is 2.19. The SMILES string of the molecule is Cc1ccc(Sc2ncc(Sc3nnc[nH]3)nc2C(=O)Nc2ccn(C)n2)cc1. The summed E-state index contributed by atoms with van der Waals surface area (Å²) < 4.78 is 1.61. The zero-order valence-electron chi connectivity index (χ0n) is 15.5. The van der Waals surface area contributed by atoms with E-state index in [4.69, 9.17) is 0 Å². The van der Waals surface area contributed by atoms with Crippen molar-refractivity contribution in [3.05, 3.63) is 60.3 Å². The smallest absolute Gasteiger partial charge is 0.278 e. The molecule has 9 nitrogen and oxygen atoms in total. The predicted molar refractivity (Wildman–Crippen MR) is 109 cm³/mol. The molecule has 0 spiro atoms. The highest BCUT2D eigenvalue weighted by Crippen LogP contribution is 2.31. The molecule has 0 bridgehead atoms. The second kappa shape index (κ2) is 8.45. The molecule has 0 aliphatic rings. The van der Waals surface area contributed by atoms with E-state index in [9.17, 15) is 4.79 Å². The van der Waals surface area contributed by atoms with Crippen LogP contribution in [0.15, 0.2) is 69.2 Å². The lowest BCUT2D eigenvalue weighted by Gasteiger charge is -2.09. The number of carbonyl (C=O) groups is 1. The van der Waals surface area contributed by atoms with E-state index in [0.29, 0.717) is 21.0 Å². The Kier molecular flexibility index (Phi) is 5.58. The van der Waals surface area contributed by atoms with Gasteiger partial charge in [-0.2, -0.15) is 5.10 Å². The number of nitrogens with one attached hydrogen (secondary N) is 2. The number of aryl methyl sites for hydroxylation is 2. The van der Waals surface area contributed by atoms with E-state index in [0.717, 1.165) is 10.5 Å². The first kappa shape index (κ1) is 19.2. The van der Waals surface area contributed by atoms with E-state index in [2.05, 4.69) is 35.6 Å². The Hall–Kier alpha value is -3.18. The normalized spacial score (nSPS) is 10.8. The third-order valence-electron chi connectivity index (χ3n) is 3.72. The molecule has 0 atom stereocenters. The molecule has 2 N–H and O–H groups in total. The van der Waals surface area contributed by atoms with Gasteiger partial charge in [0.25, 0.3) is 5.91 Å². The fourth-order valence-electron chi connectivity index (χ4n) is 2.35. The van der Waals surface area contributed by atoms with E-state index in [-0.39, 0.29) is 11.6 Å². The fourth-order valence-corrected chi connectivity index (χ4v) is 3.83. The molecule has 0 aliphatic carbocycles. The molecular formula is C18H16N8OS2. The van der Waals surface area contributed by atoms with Crippen LogP contribution < -0.4 is 5.32 Å². The van der Waals surface area contributed by atoms with Gasteiger partial charge in [0, 0.05) is 24.2 Å². The number of amides is 1. The van der Waals surface area contributed by atoms with Gasteiger partial charge in [-0.3, -0.25) is 9.48 Å². The number of benzene rings is 1. The molecule has 1 amide bonds. The number of aromatic nitrogens is 7. The summed E-state index contributed by atoms with van der Waals surface area (Å²) in [5.41, 5.74) is 1.37. The topological polar surface area (TPSA) is 114 Å². The maximum atomic E-state index is 12.9. The van der Waals surface area contributed by atoms with Crippen molar-refractivity contribution >= 4 is 35.2 Å². The Morgan fingerprint density at radius 2 is 2.00 bits per heavy atom. The third kappa shape index (κ3) is 4.81. The summed E-state index contributed by atoms with van der Waals surface area (Å²) in [6, 6.07) is 9.71. The largest absolute Gasteiger partial charge is 0.322 e. The lowest BCUT2D eigenvalue weighted by atomic mass is 10.2. The van der Waals surface area contributed by atoms with Crippen molar-refractivity contribution in [2.75, 3.05) is 5.32 Å². The number of anilines is 1. The maximum Gasteiger partial charge on any atom is 0.278 e. The van der Waals surface area contributed by atoms with Crippen LogP contribution in [0.4, 0.5) is 5.82 Å². The summed E-state index contributed by atoms with van der Waals surface area (Å²) in [6.45, 7) is 2.02. The highest BCUT2D eigenvalue weighted by molar-refractivity contribution is 7.99. The predicted octanol–water partition coefficient (Wildman–Crippen LogP) is 3.19. The summed E-state index contributed by atoms with van der Waals surface area (Å²) >= 11 is 2.62. The zero-order chi connectivity index (χ0) is 20.2. The van der Waals surface area contributed by atoms with Gasteiger partial charge in [-0.05, 0) is 30.8 Å². The van der Waals surface area contributed by atoms with E-state index < -0.39 is 0 Å². The van der Waals surface area contributed by atoms with E-state index >= 15 is 0 Å². The van der Waals surface area contributed by atoms with Crippen molar-refractivity contribution in [1.29, 1.82) is 0 Å². The van der Waals surface area contributed by atoms with Crippen molar-refractivity contribution in [3.63, 3.8) is 0 Å². The van der Waals surface area contributed by atoms with Gasteiger partial charge >= 0.3 is 0 Å². The molecule has 0 saturated heterocycles. The molecule has 4 aromatic rings. The van der Waals surface area contributed by atoms with Gasteiger partial charge in [-0.25, -0.2) is 9.97 Å². The van der Waals surface area contributed by atoms with Crippen LogP contribution in [0, 0.1) is 6.92 Å². The lowest BCUT2D eigenvalue weighted by Crippen LogP contribution is -2.16. The Morgan fingerprint density at radius 1 is 1.17 bits per heavy atom. The van der Waals surface area contributed by atoms with Crippen LogP contribution in [0.25, 0.3) is 0 Å². The molecule has 0 saturated carbocycles. The number of nitrogens with zero attached hydrogens (tertiary/aromatic N) is 6. The summed E-state index contributed by atoms with van der Waals surface area (Å²) in [6.07, 6.45) is 4.84. The van der Waals surface area contributed by atoms with E-state index in [1.807, 2.05) is 31.2 Å². The average molecular weight is 425 g/mol. The van der Waals surface area contributed by atoms with Gasteiger partial charge in [-0.1, -0.05) is 29.5 Å². The van der Waals surface area contributed by atoms with Crippen LogP contribution >= 0.6 is 23.5 Å². The molecule has 11 heteroatoms. The average Bonchev–Trinajstić information content (AvgIpc) is 3.36. The molecule has 0 radical (unpaired) electrons. The minimum atomic E-state index is -0.383. The van der Waals surface area contributed by atoms with Crippen molar-refractivity contribution in [2.24, 2.45) is 7.05 Å². The summed E-state index contributed by atoms with van der Waals surface area (Å²) in [7, 11) is 1.78. The molecule has 3 heterocycles. The molecule has 3 aromatic heterocycles. The van der Waals surface area contributed by atoms with Gasteiger partial charge in [-0.15, -0.1) is 10.2 Å². The minimum Gasteiger partial charge on any atom is -0.322 e. The molecule has 1 aromatic carbocycles. The standard InChI is InChI=1S/C18H16N8OS2/c1-11-3-5-12(6-4-11)28-17-15(16(27)22-13-7-8-26(2)25-13)23-14(9-19-17)29-18-20-10-21-24-18/h3-10H,1-2H3,(H,20,21,24)(H,22,25,27). The second-order valence-corrected chi connectivity index (χ2v) is 8.07. The number of rotatable bonds is 6. The van der Waals surface area contributed by atoms with Crippen LogP contribution in [-0.2, 0) is 7.05 Å². The number of carbonyl (C=O) groups excluding carboxylic acids is 1. The van der Waals surface area contributed by atoms with Crippen LogP contribution in [0.1, 0.15) is 16.1 Å². The first-order valence-corrected chi connectivity index (χ1v) is 10.2. The zero-order valence-corrected chi connectivity index (χ0v) is 17.2. The van der Waals surface area contributed by atoms with Crippen LogP contribution in [0.3, 0.4) is 0 Å². The minimum absolute atomic E-state index is 0.214. The summed E-state index contributed by atoms with van der Waals surface area (Å²) in [5, 5.41) is 16.2. The van der Waals surface area contributed by atoms with Gasteiger partial charge in [0.1, 0.15) is 16.4 Å². The Labute approximate surface area is 174 Å². The van der Waals surface area contributed by atoms with Crippen molar-refractivity contribution in [2.45, 2.75) is 27.0 Å².